The maximum absolute atomic E-state index is 12.3. The molecule has 0 saturated carbocycles. The Morgan fingerprint density at radius 1 is 1.22 bits per heavy atom. The fourth-order valence-electron chi connectivity index (χ4n) is 2.53. The van der Waals surface area contributed by atoms with Gasteiger partial charge in [0.25, 0.3) is 0 Å². The number of amides is 1. The zero-order valence-corrected chi connectivity index (χ0v) is 13.4. The third-order valence-corrected chi connectivity index (χ3v) is 5.26. The summed E-state index contributed by atoms with van der Waals surface area (Å²) >= 11 is 0. The van der Waals surface area contributed by atoms with Crippen molar-refractivity contribution >= 4 is 15.7 Å². The number of methoxy groups -OCH3 is 1. The van der Waals surface area contributed by atoms with Crippen LogP contribution in [0.1, 0.15) is 11.1 Å². The number of hydrogen-bond acceptors (Lipinski definition) is 5. The molecule has 1 aromatic heterocycles. The van der Waals surface area contributed by atoms with Crippen LogP contribution >= 0.6 is 0 Å². The molecule has 0 fully saturated rings. The molecule has 1 aliphatic rings. The second kappa shape index (κ2) is 6.00. The number of nitrogens with zero attached hydrogens (tertiary/aromatic N) is 2. The molecule has 7 heteroatoms. The first-order valence-electron chi connectivity index (χ1n) is 7.07. The van der Waals surface area contributed by atoms with Gasteiger partial charge in [0.1, 0.15) is 11.5 Å². The summed E-state index contributed by atoms with van der Waals surface area (Å²) in [5, 5.41) is -0.0771. The van der Waals surface area contributed by atoms with Crippen molar-refractivity contribution in [1.29, 1.82) is 0 Å². The van der Waals surface area contributed by atoms with E-state index in [0.29, 0.717) is 13.1 Å². The average Bonchev–Trinajstić information content (AvgIpc) is 2.98. The molecule has 3 rings (SSSR count). The van der Waals surface area contributed by atoms with Crippen molar-refractivity contribution in [2.75, 3.05) is 12.9 Å². The Bertz CT molecular complexity index is 834. The average molecular weight is 332 g/mol. The van der Waals surface area contributed by atoms with Gasteiger partial charge in [-0.1, -0.05) is 12.1 Å². The maximum Gasteiger partial charge on any atom is 0.238 e. The lowest BCUT2D eigenvalue weighted by atomic mass is 10.1. The van der Waals surface area contributed by atoms with E-state index >= 15 is 0 Å². The molecule has 0 bridgehead atoms. The molecule has 120 valence electrons. The van der Waals surface area contributed by atoms with Gasteiger partial charge in [-0.15, -0.1) is 0 Å². The molecular formula is C16H16N2O4S. The number of aromatic nitrogens is 1. The fraction of sp³-hybridized carbons (Fsp3) is 0.250. The molecular weight excluding hydrogens is 316 g/mol. The molecule has 0 spiro atoms. The van der Waals surface area contributed by atoms with Gasteiger partial charge in [-0.25, -0.2) is 13.4 Å². The minimum atomic E-state index is -3.72. The van der Waals surface area contributed by atoms with E-state index in [1.54, 1.807) is 19.2 Å². The summed E-state index contributed by atoms with van der Waals surface area (Å²) < 4.78 is 29.7. The first-order chi connectivity index (χ1) is 11.0. The molecule has 0 atom stereocenters. The molecule has 23 heavy (non-hydrogen) atoms. The minimum absolute atomic E-state index is 0.0771. The van der Waals surface area contributed by atoms with E-state index in [1.807, 2.05) is 18.2 Å². The van der Waals surface area contributed by atoms with Crippen molar-refractivity contribution in [3.8, 4) is 5.75 Å². The van der Waals surface area contributed by atoms with Crippen molar-refractivity contribution in [1.82, 2.24) is 9.88 Å². The number of carbonyl (C=O) groups is 1. The number of benzene rings is 1. The monoisotopic (exact) mass is 332 g/mol. The summed E-state index contributed by atoms with van der Waals surface area (Å²) in [6.07, 6.45) is 1.40. The zero-order chi connectivity index (χ0) is 16.4. The van der Waals surface area contributed by atoms with Gasteiger partial charge in [0.15, 0.2) is 5.03 Å². The van der Waals surface area contributed by atoms with Crippen LogP contribution < -0.4 is 4.74 Å². The van der Waals surface area contributed by atoms with Crippen molar-refractivity contribution < 1.29 is 17.9 Å². The second-order valence-corrected chi connectivity index (χ2v) is 7.25. The molecule has 0 aliphatic carbocycles. The van der Waals surface area contributed by atoms with Crippen LogP contribution in [0.15, 0.2) is 47.6 Å². The fourth-order valence-corrected chi connectivity index (χ4v) is 3.70. The van der Waals surface area contributed by atoms with E-state index in [2.05, 4.69) is 4.98 Å². The highest BCUT2D eigenvalue weighted by atomic mass is 32.2. The lowest BCUT2D eigenvalue weighted by Gasteiger charge is -2.15. The predicted octanol–water partition coefficient (Wildman–Crippen LogP) is 1.41. The van der Waals surface area contributed by atoms with Gasteiger partial charge in [0, 0.05) is 19.3 Å². The molecule has 0 unspecified atom stereocenters. The highest BCUT2D eigenvalue weighted by Gasteiger charge is 2.28. The normalized spacial score (nSPS) is 13.7. The quantitative estimate of drug-likeness (QED) is 0.846. The number of pyridine rings is 1. The lowest BCUT2D eigenvalue weighted by Crippen LogP contribution is -2.31. The van der Waals surface area contributed by atoms with Crippen LogP contribution in [0, 0.1) is 0 Å². The number of carbonyl (C=O) groups excluding carboxylic acids is 1. The Morgan fingerprint density at radius 3 is 2.70 bits per heavy atom. The van der Waals surface area contributed by atoms with Gasteiger partial charge in [-0.2, -0.15) is 0 Å². The highest BCUT2D eigenvalue weighted by molar-refractivity contribution is 7.92. The van der Waals surface area contributed by atoms with Crippen LogP contribution in [0.2, 0.25) is 0 Å². The predicted molar refractivity (Wildman–Crippen MR) is 83.5 cm³/mol. The second-order valence-electron chi connectivity index (χ2n) is 5.31. The van der Waals surface area contributed by atoms with E-state index < -0.39 is 21.5 Å². The lowest BCUT2D eigenvalue weighted by molar-refractivity contribution is -0.129. The third kappa shape index (κ3) is 3.19. The molecule has 1 amide bonds. The SMILES string of the molecule is COc1ccc2c(c1)CN(C(=O)CS(=O)(=O)c1ccccn1)C2. The van der Waals surface area contributed by atoms with Crippen molar-refractivity contribution in [2.45, 2.75) is 18.1 Å². The van der Waals surface area contributed by atoms with E-state index in [9.17, 15) is 13.2 Å². The zero-order valence-electron chi connectivity index (χ0n) is 12.6. The van der Waals surface area contributed by atoms with Gasteiger partial charge in [0.05, 0.1) is 7.11 Å². The van der Waals surface area contributed by atoms with Crippen molar-refractivity contribution in [3.05, 3.63) is 53.7 Å². The smallest absolute Gasteiger partial charge is 0.238 e. The molecule has 0 radical (unpaired) electrons. The van der Waals surface area contributed by atoms with Crippen LogP contribution in [0.4, 0.5) is 0 Å². The first kappa shape index (κ1) is 15.5. The third-order valence-electron chi connectivity index (χ3n) is 3.76. The summed E-state index contributed by atoms with van der Waals surface area (Å²) in [4.78, 5) is 17.7. The molecule has 1 aromatic carbocycles. The number of hydrogen-bond donors (Lipinski definition) is 0. The van der Waals surface area contributed by atoms with E-state index in [1.165, 1.54) is 17.2 Å². The van der Waals surface area contributed by atoms with E-state index in [0.717, 1.165) is 16.9 Å². The summed E-state index contributed by atoms with van der Waals surface area (Å²) in [6.45, 7) is 0.805. The standard InChI is InChI=1S/C16H16N2O4S/c1-22-14-6-5-12-9-18(10-13(12)8-14)16(19)11-23(20,21)15-4-2-3-7-17-15/h2-8H,9-11H2,1H3. The molecule has 0 saturated heterocycles. The Hall–Kier alpha value is -2.41. The topological polar surface area (TPSA) is 76.6 Å². The minimum Gasteiger partial charge on any atom is -0.497 e. The van der Waals surface area contributed by atoms with E-state index in [4.69, 9.17) is 4.74 Å². The molecule has 1 aliphatic heterocycles. The van der Waals surface area contributed by atoms with Crippen LogP contribution in [-0.2, 0) is 27.7 Å². The van der Waals surface area contributed by atoms with Gasteiger partial charge < -0.3 is 9.64 Å². The first-order valence-corrected chi connectivity index (χ1v) is 8.72. The van der Waals surface area contributed by atoms with Crippen molar-refractivity contribution in [3.63, 3.8) is 0 Å². The highest BCUT2D eigenvalue weighted by Crippen LogP contribution is 2.27. The number of fused-ring (bicyclic) bond motifs is 1. The number of sulfone groups is 1. The van der Waals surface area contributed by atoms with Crippen LogP contribution in [-0.4, -0.2) is 37.1 Å². The van der Waals surface area contributed by atoms with Gasteiger partial charge in [-0.05, 0) is 35.4 Å². The van der Waals surface area contributed by atoms with E-state index in [-0.39, 0.29) is 5.03 Å². The van der Waals surface area contributed by atoms with Crippen LogP contribution in [0.3, 0.4) is 0 Å². The molecule has 2 heterocycles. The maximum atomic E-state index is 12.3. The molecule has 2 aromatic rings. The largest absolute Gasteiger partial charge is 0.497 e. The number of rotatable bonds is 4. The summed E-state index contributed by atoms with van der Waals surface area (Å²) in [5.41, 5.74) is 1.99. The Balaban J connectivity index is 1.73. The van der Waals surface area contributed by atoms with Crippen LogP contribution in [0.25, 0.3) is 0 Å². The van der Waals surface area contributed by atoms with Gasteiger partial charge >= 0.3 is 0 Å². The molecule has 6 nitrogen and oxygen atoms in total. The van der Waals surface area contributed by atoms with Crippen LogP contribution in [0.5, 0.6) is 5.75 Å². The van der Waals surface area contributed by atoms with Gasteiger partial charge in [-0.3, -0.25) is 4.79 Å². The summed E-state index contributed by atoms with van der Waals surface area (Å²) in [6, 6.07) is 10.2. The summed E-state index contributed by atoms with van der Waals surface area (Å²) in [5.74, 6) is -0.278. The number of ether oxygens (including phenoxy) is 1. The Labute approximate surface area is 134 Å². The molecule has 0 N–H and O–H groups in total. The van der Waals surface area contributed by atoms with Gasteiger partial charge in [0.2, 0.25) is 15.7 Å². The summed E-state index contributed by atoms with van der Waals surface area (Å²) in [7, 11) is -2.14. The Morgan fingerprint density at radius 2 is 2.00 bits per heavy atom. The Kier molecular flexibility index (Phi) is 4.04. The van der Waals surface area contributed by atoms with Crippen molar-refractivity contribution in [2.24, 2.45) is 0 Å².